The summed E-state index contributed by atoms with van der Waals surface area (Å²) in [5.41, 5.74) is 0.953. The molecule has 168 valence electrons. The van der Waals surface area contributed by atoms with Gasteiger partial charge in [0, 0.05) is 41.3 Å². The summed E-state index contributed by atoms with van der Waals surface area (Å²) in [7, 11) is 0. The number of amidine groups is 1. The lowest BCUT2D eigenvalue weighted by molar-refractivity contribution is 0.0988. The molecule has 0 atom stereocenters. The second kappa shape index (κ2) is 9.50. The summed E-state index contributed by atoms with van der Waals surface area (Å²) in [6, 6.07) is 14.0. The molecule has 5 nitrogen and oxygen atoms in total. The standard InChI is InChI=1S/C25H20ClF2N3O2/c26-17-4-7-19(8-5-17)30-25(33)21-14-18(27)6-2-15(21)13-23(32)20-9-3-16(12-22(20)28)24(29)31-10-1-11-31/h2-9,12,14,29H,1,10-11,13H2,(H,30,33). The summed E-state index contributed by atoms with van der Waals surface area (Å²) >= 11 is 5.85. The first kappa shape index (κ1) is 22.6. The number of anilines is 1. The van der Waals surface area contributed by atoms with Crippen LogP contribution < -0.4 is 5.32 Å². The predicted molar refractivity (Wildman–Crippen MR) is 123 cm³/mol. The lowest BCUT2D eigenvalue weighted by atomic mass is 9.96. The summed E-state index contributed by atoms with van der Waals surface area (Å²) in [6.45, 7) is 1.51. The van der Waals surface area contributed by atoms with Crippen molar-refractivity contribution in [2.75, 3.05) is 18.4 Å². The molecule has 0 unspecified atom stereocenters. The van der Waals surface area contributed by atoms with Gasteiger partial charge in [-0.1, -0.05) is 23.7 Å². The predicted octanol–water partition coefficient (Wildman–Crippen LogP) is 5.33. The molecule has 0 spiro atoms. The van der Waals surface area contributed by atoms with Crippen molar-refractivity contribution >= 4 is 34.8 Å². The number of nitrogens with one attached hydrogen (secondary N) is 2. The number of carbonyl (C=O) groups is 2. The van der Waals surface area contributed by atoms with E-state index >= 15 is 0 Å². The Bertz CT molecular complexity index is 1240. The molecule has 0 bridgehead atoms. The largest absolute Gasteiger partial charge is 0.356 e. The van der Waals surface area contributed by atoms with Gasteiger partial charge in [0.1, 0.15) is 17.5 Å². The first-order valence-corrected chi connectivity index (χ1v) is 10.7. The average molecular weight is 468 g/mol. The summed E-state index contributed by atoms with van der Waals surface area (Å²) in [4.78, 5) is 27.4. The molecule has 33 heavy (non-hydrogen) atoms. The van der Waals surface area contributed by atoms with Crippen LogP contribution in [0.3, 0.4) is 0 Å². The number of carbonyl (C=O) groups excluding carboxylic acids is 2. The second-order valence-electron chi connectivity index (χ2n) is 7.75. The number of likely N-dealkylation sites (tertiary alicyclic amines) is 1. The van der Waals surface area contributed by atoms with E-state index < -0.39 is 23.3 Å². The molecule has 0 aromatic heterocycles. The molecule has 3 aromatic rings. The third-order valence-corrected chi connectivity index (χ3v) is 5.74. The number of amides is 1. The van der Waals surface area contributed by atoms with Crippen LogP contribution in [0.15, 0.2) is 60.7 Å². The van der Waals surface area contributed by atoms with E-state index in [1.807, 2.05) is 4.90 Å². The van der Waals surface area contributed by atoms with Gasteiger partial charge in [-0.3, -0.25) is 15.0 Å². The van der Waals surface area contributed by atoms with Crippen molar-refractivity contribution in [3.63, 3.8) is 0 Å². The molecule has 1 heterocycles. The number of hydrogen-bond donors (Lipinski definition) is 2. The Labute approximate surface area is 194 Å². The molecule has 2 N–H and O–H groups in total. The smallest absolute Gasteiger partial charge is 0.256 e. The van der Waals surface area contributed by atoms with Crippen LogP contribution in [0.25, 0.3) is 0 Å². The SMILES string of the molecule is N=C(c1ccc(C(=O)Cc2ccc(F)cc2C(=O)Nc2ccc(Cl)cc2)c(F)c1)N1CCC1. The fourth-order valence-corrected chi connectivity index (χ4v) is 3.65. The number of halogens is 3. The topological polar surface area (TPSA) is 73.3 Å². The van der Waals surface area contributed by atoms with E-state index in [0.717, 1.165) is 31.6 Å². The van der Waals surface area contributed by atoms with Gasteiger partial charge < -0.3 is 10.2 Å². The first-order valence-electron chi connectivity index (χ1n) is 10.3. The lowest BCUT2D eigenvalue weighted by Gasteiger charge is -2.33. The Morgan fingerprint density at radius 1 is 0.970 bits per heavy atom. The fourth-order valence-electron chi connectivity index (χ4n) is 3.53. The van der Waals surface area contributed by atoms with Crippen molar-refractivity contribution in [3.8, 4) is 0 Å². The quantitative estimate of drug-likeness (QED) is 0.292. The van der Waals surface area contributed by atoms with E-state index in [0.29, 0.717) is 16.3 Å². The van der Waals surface area contributed by atoms with Crippen molar-refractivity contribution in [1.82, 2.24) is 4.90 Å². The zero-order valence-electron chi connectivity index (χ0n) is 17.5. The maximum Gasteiger partial charge on any atom is 0.256 e. The van der Waals surface area contributed by atoms with Crippen LogP contribution in [0.4, 0.5) is 14.5 Å². The Morgan fingerprint density at radius 3 is 2.33 bits per heavy atom. The Kier molecular flexibility index (Phi) is 6.51. The van der Waals surface area contributed by atoms with Crippen molar-refractivity contribution in [3.05, 3.63) is 99.6 Å². The van der Waals surface area contributed by atoms with E-state index in [1.54, 1.807) is 24.3 Å². The Balaban J connectivity index is 1.53. The summed E-state index contributed by atoms with van der Waals surface area (Å²) < 4.78 is 28.6. The van der Waals surface area contributed by atoms with E-state index in [-0.39, 0.29) is 28.9 Å². The van der Waals surface area contributed by atoms with Gasteiger partial charge in [-0.15, -0.1) is 0 Å². The molecule has 3 aromatic carbocycles. The van der Waals surface area contributed by atoms with Crippen LogP contribution in [-0.4, -0.2) is 35.5 Å². The number of rotatable bonds is 6. The monoisotopic (exact) mass is 467 g/mol. The Hall–Kier alpha value is -3.58. The molecule has 1 saturated heterocycles. The molecule has 0 radical (unpaired) electrons. The van der Waals surface area contributed by atoms with E-state index in [9.17, 15) is 18.4 Å². The normalized spacial score (nSPS) is 12.8. The molecule has 1 aliphatic rings. The van der Waals surface area contributed by atoms with Crippen LogP contribution >= 0.6 is 11.6 Å². The summed E-state index contributed by atoms with van der Waals surface area (Å²) in [5, 5.41) is 11.3. The van der Waals surface area contributed by atoms with Gasteiger partial charge in [0.2, 0.25) is 0 Å². The van der Waals surface area contributed by atoms with E-state index in [4.69, 9.17) is 17.0 Å². The van der Waals surface area contributed by atoms with Crippen molar-refractivity contribution in [2.24, 2.45) is 0 Å². The maximum atomic E-state index is 14.7. The van der Waals surface area contributed by atoms with Gasteiger partial charge in [-0.25, -0.2) is 8.78 Å². The number of benzene rings is 3. The van der Waals surface area contributed by atoms with Crippen LogP contribution in [0.5, 0.6) is 0 Å². The highest BCUT2D eigenvalue weighted by Gasteiger charge is 2.22. The first-order chi connectivity index (χ1) is 15.8. The zero-order chi connectivity index (χ0) is 23.5. The van der Waals surface area contributed by atoms with E-state index in [1.165, 1.54) is 24.3 Å². The van der Waals surface area contributed by atoms with Crippen molar-refractivity contribution in [2.45, 2.75) is 12.8 Å². The van der Waals surface area contributed by atoms with Gasteiger partial charge in [-0.05, 0) is 60.5 Å². The number of nitrogens with zero attached hydrogens (tertiary/aromatic N) is 1. The number of Topliss-reactive ketones (excluding diaryl/α,β-unsaturated/α-hetero) is 1. The van der Waals surface area contributed by atoms with Crippen molar-refractivity contribution < 1.29 is 18.4 Å². The molecule has 0 aliphatic carbocycles. The van der Waals surface area contributed by atoms with Crippen LogP contribution in [0.1, 0.15) is 38.3 Å². The van der Waals surface area contributed by atoms with Gasteiger partial charge in [0.15, 0.2) is 5.78 Å². The third kappa shape index (κ3) is 5.09. The van der Waals surface area contributed by atoms with Gasteiger partial charge in [0.05, 0.1) is 5.56 Å². The minimum atomic E-state index is -0.739. The number of ketones is 1. The molecule has 4 rings (SSSR count). The molecule has 8 heteroatoms. The van der Waals surface area contributed by atoms with Gasteiger partial charge >= 0.3 is 0 Å². The van der Waals surface area contributed by atoms with Crippen LogP contribution in [0.2, 0.25) is 5.02 Å². The molecule has 1 aliphatic heterocycles. The molecule has 1 amide bonds. The fraction of sp³-hybridized carbons (Fsp3) is 0.160. The van der Waals surface area contributed by atoms with Crippen LogP contribution in [0, 0.1) is 17.0 Å². The maximum absolute atomic E-state index is 14.7. The van der Waals surface area contributed by atoms with Crippen LogP contribution in [-0.2, 0) is 6.42 Å². The average Bonchev–Trinajstić information content (AvgIpc) is 2.75. The van der Waals surface area contributed by atoms with Gasteiger partial charge in [-0.2, -0.15) is 0 Å². The lowest BCUT2D eigenvalue weighted by Crippen LogP contribution is -2.42. The highest BCUT2D eigenvalue weighted by Crippen LogP contribution is 2.21. The second-order valence-corrected chi connectivity index (χ2v) is 8.18. The zero-order valence-corrected chi connectivity index (χ0v) is 18.3. The molecular weight excluding hydrogens is 448 g/mol. The van der Waals surface area contributed by atoms with Gasteiger partial charge in [0.25, 0.3) is 5.91 Å². The highest BCUT2D eigenvalue weighted by atomic mass is 35.5. The summed E-state index contributed by atoms with van der Waals surface area (Å²) in [5.74, 6) is -2.30. The molecule has 0 saturated carbocycles. The minimum absolute atomic E-state index is 0.0186. The molecule has 1 fully saturated rings. The summed E-state index contributed by atoms with van der Waals surface area (Å²) in [6.07, 6.45) is 0.705. The minimum Gasteiger partial charge on any atom is -0.356 e. The molecular formula is C25H20ClF2N3O2. The highest BCUT2D eigenvalue weighted by molar-refractivity contribution is 6.30. The third-order valence-electron chi connectivity index (χ3n) is 5.48. The van der Waals surface area contributed by atoms with Crippen molar-refractivity contribution in [1.29, 1.82) is 5.41 Å². The van der Waals surface area contributed by atoms with E-state index in [2.05, 4.69) is 5.32 Å². The Morgan fingerprint density at radius 2 is 1.70 bits per heavy atom. The number of hydrogen-bond acceptors (Lipinski definition) is 3.